The van der Waals surface area contributed by atoms with E-state index in [1.54, 1.807) is 18.6 Å². The van der Waals surface area contributed by atoms with Crippen LogP contribution in [0.1, 0.15) is 48.7 Å². The molecule has 1 amide bonds. The number of carbonyl (C=O) groups excluding carboxylic acids is 1. The lowest BCUT2D eigenvalue weighted by atomic mass is 9.80. The van der Waals surface area contributed by atoms with E-state index < -0.39 is 0 Å². The highest BCUT2D eigenvalue weighted by Crippen LogP contribution is 2.36. The van der Waals surface area contributed by atoms with E-state index in [1.807, 2.05) is 6.07 Å². The fourth-order valence-electron chi connectivity index (χ4n) is 4.67. The second-order valence-electron chi connectivity index (χ2n) is 9.80. The van der Waals surface area contributed by atoms with Crippen molar-refractivity contribution in [3.05, 3.63) is 53.5 Å². The normalized spacial score (nSPS) is 18.5. The Kier molecular flexibility index (Phi) is 5.15. The Morgan fingerprint density at radius 3 is 2.81 bits per heavy atom. The fraction of sp³-hybridized carbons (Fsp3) is 0.458. The SMILES string of the molecule is CC(C)(C)C1CCN(c2nnc(-c3cnccn3)n2Cc2ccc3c(c2)C(=O)NCC3)C1. The minimum Gasteiger partial charge on any atom is -0.352 e. The Bertz CT molecular complexity index is 1130. The number of fused-ring (bicyclic) bond motifs is 1. The first-order valence-electron chi connectivity index (χ1n) is 11.2. The maximum absolute atomic E-state index is 12.4. The number of amides is 1. The van der Waals surface area contributed by atoms with Crippen LogP contribution in [0.15, 0.2) is 36.8 Å². The van der Waals surface area contributed by atoms with Gasteiger partial charge in [-0.25, -0.2) is 4.98 Å². The molecule has 0 radical (unpaired) electrons. The summed E-state index contributed by atoms with van der Waals surface area (Å²) in [5.41, 5.74) is 3.84. The molecule has 1 atom stereocenters. The lowest BCUT2D eigenvalue weighted by Gasteiger charge is -2.27. The van der Waals surface area contributed by atoms with E-state index in [0.29, 0.717) is 30.5 Å². The molecule has 1 saturated heterocycles. The first-order valence-corrected chi connectivity index (χ1v) is 11.2. The van der Waals surface area contributed by atoms with Gasteiger partial charge in [-0.15, -0.1) is 10.2 Å². The van der Waals surface area contributed by atoms with Gasteiger partial charge in [0.25, 0.3) is 5.91 Å². The van der Waals surface area contributed by atoms with Gasteiger partial charge < -0.3 is 10.2 Å². The highest BCUT2D eigenvalue weighted by atomic mass is 16.1. The standard InChI is InChI=1S/C24H29N7O/c1-24(2,3)18-7-11-30(15-18)23-29-28-21(20-13-25-9-10-26-20)31(23)14-16-4-5-17-6-8-27-22(32)19(17)12-16/h4-5,9-10,12-13,18H,6-8,11,14-15H2,1-3H3,(H,27,32). The number of rotatable bonds is 4. The van der Waals surface area contributed by atoms with Crippen LogP contribution in [-0.2, 0) is 13.0 Å². The van der Waals surface area contributed by atoms with Crippen LogP contribution in [0.2, 0.25) is 0 Å². The molecule has 1 N–H and O–H groups in total. The van der Waals surface area contributed by atoms with Crippen molar-refractivity contribution in [3.8, 4) is 11.5 Å². The van der Waals surface area contributed by atoms with Gasteiger partial charge in [0.2, 0.25) is 5.95 Å². The first kappa shape index (κ1) is 20.6. The summed E-state index contributed by atoms with van der Waals surface area (Å²) in [5.74, 6) is 2.13. The van der Waals surface area contributed by atoms with Crippen LogP contribution in [0, 0.1) is 11.3 Å². The van der Waals surface area contributed by atoms with Crippen LogP contribution in [0.3, 0.4) is 0 Å². The molecule has 1 fully saturated rings. The van der Waals surface area contributed by atoms with Crippen molar-refractivity contribution in [3.63, 3.8) is 0 Å². The van der Waals surface area contributed by atoms with Gasteiger partial charge in [0.15, 0.2) is 5.82 Å². The minimum absolute atomic E-state index is 0.00112. The third-order valence-electron chi connectivity index (χ3n) is 6.66. The molecule has 8 nitrogen and oxygen atoms in total. The van der Waals surface area contributed by atoms with Crippen molar-refractivity contribution in [2.75, 3.05) is 24.5 Å². The largest absolute Gasteiger partial charge is 0.352 e. The molecule has 32 heavy (non-hydrogen) atoms. The van der Waals surface area contributed by atoms with Crippen molar-refractivity contribution in [1.82, 2.24) is 30.0 Å². The number of aromatic nitrogens is 5. The summed E-state index contributed by atoms with van der Waals surface area (Å²) in [4.78, 5) is 23.4. The lowest BCUT2D eigenvalue weighted by molar-refractivity contribution is 0.0946. The molecule has 0 saturated carbocycles. The number of benzene rings is 1. The highest BCUT2D eigenvalue weighted by Gasteiger charge is 2.34. The summed E-state index contributed by atoms with van der Waals surface area (Å²) in [6.07, 6.45) is 7.04. The number of carbonyl (C=O) groups is 1. The third kappa shape index (κ3) is 3.85. The molecule has 2 aromatic heterocycles. The zero-order valence-electron chi connectivity index (χ0n) is 18.9. The Labute approximate surface area is 188 Å². The summed E-state index contributed by atoms with van der Waals surface area (Å²) in [6, 6.07) is 6.17. The predicted molar refractivity (Wildman–Crippen MR) is 122 cm³/mol. The minimum atomic E-state index is -0.00112. The van der Waals surface area contributed by atoms with Crippen molar-refractivity contribution in [2.45, 2.75) is 40.2 Å². The van der Waals surface area contributed by atoms with Gasteiger partial charge in [-0.3, -0.25) is 14.3 Å². The molecular formula is C24H29N7O. The Balaban J connectivity index is 1.52. The molecule has 166 valence electrons. The van der Waals surface area contributed by atoms with Crippen LogP contribution >= 0.6 is 0 Å². The number of hydrogen-bond acceptors (Lipinski definition) is 6. The van der Waals surface area contributed by atoms with E-state index in [1.165, 1.54) is 0 Å². The number of nitrogens with zero attached hydrogens (tertiary/aromatic N) is 6. The average Bonchev–Trinajstić information content (AvgIpc) is 3.42. The van der Waals surface area contributed by atoms with E-state index in [0.717, 1.165) is 48.6 Å². The van der Waals surface area contributed by atoms with E-state index in [2.05, 4.69) is 67.9 Å². The number of hydrogen-bond donors (Lipinski definition) is 1. The van der Waals surface area contributed by atoms with Gasteiger partial charge in [-0.05, 0) is 41.4 Å². The van der Waals surface area contributed by atoms with Crippen molar-refractivity contribution in [1.29, 1.82) is 0 Å². The van der Waals surface area contributed by atoms with Gasteiger partial charge >= 0.3 is 0 Å². The summed E-state index contributed by atoms with van der Waals surface area (Å²) in [5, 5.41) is 12.0. The summed E-state index contributed by atoms with van der Waals surface area (Å²) >= 11 is 0. The fourth-order valence-corrected chi connectivity index (χ4v) is 4.67. The molecule has 1 unspecified atom stereocenters. The van der Waals surface area contributed by atoms with Gasteiger partial charge in [0, 0.05) is 37.6 Å². The molecule has 2 aliphatic heterocycles. The van der Waals surface area contributed by atoms with Crippen LogP contribution in [0.4, 0.5) is 5.95 Å². The van der Waals surface area contributed by atoms with Crippen LogP contribution in [0.5, 0.6) is 0 Å². The Hall–Kier alpha value is -3.29. The number of nitrogens with one attached hydrogen (secondary N) is 1. The average molecular weight is 432 g/mol. The molecule has 3 aromatic rings. The van der Waals surface area contributed by atoms with E-state index in [-0.39, 0.29) is 11.3 Å². The predicted octanol–water partition coefficient (Wildman–Crippen LogP) is 2.94. The van der Waals surface area contributed by atoms with E-state index in [4.69, 9.17) is 0 Å². The summed E-state index contributed by atoms with van der Waals surface area (Å²) < 4.78 is 2.11. The smallest absolute Gasteiger partial charge is 0.251 e. The second-order valence-corrected chi connectivity index (χ2v) is 9.80. The molecule has 8 heteroatoms. The highest BCUT2D eigenvalue weighted by molar-refractivity contribution is 5.96. The quantitative estimate of drug-likeness (QED) is 0.683. The van der Waals surface area contributed by atoms with E-state index in [9.17, 15) is 4.79 Å². The maximum Gasteiger partial charge on any atom is 0.251 e. The second kappa shape index (κ2) is 8.00. The molecule has 0 spiro atoms. The van der Waals surface area contributed by atoms with E-state index >= 15 is 0 Å². The van der Waals surface area contributed by atoms with Gasteiger partial charge in [-0.1, -0.05) is 32.9 Å². The zero-order chi connectivity index (χ0) is 22.3. The van der Waals surface area contributed by atoms with Crippen LogP contribution in [-0.4, -0.2) is 50.3 Å². The summed E-state index contributed by atoms with van der Waals surface area (Å²) in [6.45, 7) is 10.1. The van der Waals surface area contributed by atoms with Gasteiger partial charge in [0.05, 0.1) is 12.7 Å². The van der Waals surface area contributed by atoms with Crippen molar-refractivity contribution in [2.24, 2.45) is 11.3 Å². The first-order chi connectivity index (χ1) is 15.4. The maximum atomic E-state index is 12.4. The Morgan fingerprint density at radius 2 is 2.06 bits per heavy atom. The number of anilines is 1. The van der Waals surface area contributed by atoms with Crippen LogP contribution < -0.4 is 10.2 Å². The van der Waals surface area contributed by atoms with Gasteiger partial charge in [0.1, 0.15) is 5.69 Å². The molecule has 0 bridgehead atoms. The zero-order valence-corrected chi connectivity index (χ0v) is 18.9. The molecule has 2 aliphatic rings. The molecule has 5 rings (SSSR count). The van der Waals surface area contributed by atoms with Gasteiger partial charge in [-0.2, -0.15) is 0 Å². The molecule has 0 aliphatic carbocycles. The topological polar surface area (TPSA) is 88.8 Å². The molecule has 1 aromatic carbocycles. The summed E-state index contributed by atoms with van der Waals surface area (Å²) in [7, 11) is 0. The Morgan fingerprint density at radius 1 is 1.19 bits per heavy atom. The van der Waals surface area contributed by atoms with Crippen LogP contribution in [0.25, 0.3) is 11.5 Å². The van der Waals surface area contributed by atoms with Crippen molar-refractivity contribution < 1.29 is 4.79 Å². The van der Waals surface area contributed by atoms with Crippen molar-refractivity contribution >= 4 is 11.9 Å². The molecular weight excluding hydrogens is 402 g/mol. The monoisotopic (exact) mass is 431 g/mol. The lowest BCUT2D eigenvalue weighted by Crippen LogP contribution is -2.32. The third-order valence-corrected chi connectivity index (χ3v) is 6.66. The molecule has 4 heterocycles.